The van der Waals surface area contributed by atoms with E-state index in [1.807, 2.05) is 31.3 Å². The van der Waals surface area contributed by atoms with Gasteiger partial charge < -0.3 is 25.0 Å². The molecule has 1 unspecified atom stereocenters. The Morgan fingerprint density at radius 1 is 1.29 bits per heavy atom. The van der Waals surface area contributed by atoms with Gasteiger partial charge in [0, 0.05) is 25.8 Å². The largest absolute Gasteiger partial charge is 0.466 e. The number of amides is 2. The summed E-state index contributed by atoms with van der Waals surface area (Å²) in [5.41, 5.74) is 1.73. The van der Waals surface area contributed by atoms with Crippen LogP contribution < -0.4 is 10.6 Å². The zero-order valence-corrected chi connectivity index (χ0v) is 14.2. The van der Waals surface area contributed by atoms with Crippen molar-refractivity contribution in [2.75, 3.05) is 45.3 Å². The van der Waals surface area contributed by atoms with Crippen molar-refractivity contribution in [3.05, 3.63) is 29.8 Å². The number of carbonyl (C=O) groups is 2. The third-order valence-electron chi connectivity index (χ3n) is 3.88. The van der Waals surface area contributed by atoms with Crippen LogP contribution in [0.2, 0.25) is 0 Å². The monoisotopic (exact) mass is 335 g/mol. The maximum atomic E-state index is 12.5. The Morgan fingerprint density at radius 2 is 2.00 bits per heavy atom. The van der Waals surface area contributed by atoms with E-state index in [0.29, 0.717) is 32.9 Å². The Balaban J connectivity index is 2.15. The molecule has 1 aromatic carbocycles. The summed E-state index contributed by atoms with van der Waals surface area (Å²) in [7, 11) is 1.81. The van der Waals surface area contributed by atoms with E-state index in [1.165, 1.54) is 0 Å². The summed E-state index contributed by atoms with van der Waals surface area (Å²) < 4.78 is 10.3. The second-order valence-electron chi connectivity index (χ2n) is 5.45. The van der Waals surface area contributed by atoms with Crippen molar-refractivity contribution in [2.45, 2.75) is 19.4 Å². The molecule has 1 atom stereocenters. The van der Waals surface area contributed by atoms with Crippen molar-refractivity contribution in [1.29, 1.82) is 0 Å². The van der Waals surface area contributed by atoms with Gasteiger partial charge in [-0.05, 0) is 18.6 Å². The van der Waals surface area contributed by atoms with E-state index in [2.05, 4.69) is 10.6 Å². The fourth-order valence-electron chi connectivity index (χ4n) is 2.66. The van der Waals surface area contributed by atoms with E-state index in [9.17, 15) is 9.59 Å². The number of morpholine rings is 1. The number of carbonyl (C=O) groups excluding carboxylic acids is 2. The van der Waals surface area contributed by atoms with Crippen LogP contribution in [0, 0.1) is 0 Å². The lowest BCUT2D eigenvalue weighted by Gasteiger charge is -2.29. The van der Waals surface area contributed by atoms with Crippen molar-refractivity contribution < 1.29 is 19.1 Å². The number of hydrogen-bond acceptors (Lipinski definition) is 5. The maximum absolute atomic E-state index is 12.5. The first-order chi connectivity index (χ1) is 11.7. The molecular weight excluding hydrogens is 310 g/mol. The summed E-state index contributed by atoms with van der Waals surface area (Å²) >= 11 is 0. The number of nitrogens with one attached hydrogen (secondary N) is 2. The summed E-state index contributed by atoms with van der Waals surface area (Å²) in [4.78, 5) is 26.2. The highest BCUT2D eigenvalue weighted by Gasteiger charge is 2.25. The van der Waals surface area contributed by atoms with Crippen molar-refractivity contribution >= 4 is 17.7 Å². The lowest BCUT2D eigenvalue weighted by atomic mass is 10.0. The van der Waals surface area contributed by atoms with Gasteiger partial charge in [0.1, 0.15) is 0 Å². The van der Waals surface area contributed by atoms with Crippen LogP contribution in [0.25, 0.3) is 0 Å². The minimum Gasteiger partial charge on any atom is -0.466 e. The number of esters is 1. The highest BCUT2D eigenvalue weighted by Crippen LogP contribution is 2.25. The van der Waals surface area contributed by atoms with Crippen molar-refractivity contribution in [1.82, 2.24) is 10.2 Å². The van der Waals surface area contributed by atoms with E-state index in [0.717, 1.165) is 11.3 Å². The molecule has 0 saturated carbocycles. The Hall–Kier alpha value is -2.28. The van der Waals surface area contributed by atoms with Gasteiger partial charge in [0.25, 0.3) is 0 Å². The SMILES string of the molecule is CCOC(=O)CC(NC(=O)N1CCOCC1)c1ccccc1NC. The standard InChI is InChI=1S/C17H25N3O4/c1-3-24-16(21)12-15(13-6-4-5-7-14(13)18-2)19-17(22)20-8-10-23-11-9-20/h4-7,15,18H,3,8-12H2,1-2H3,(H,19,22). The van der Waals surface area contributed by atoms with Crippen molar-refractivity contribution in [3.63, 3.8) is 0 Å². The molecule has 1 fully saturated rings. The summed E-state index contributed by atoms with van der Waals surface area (Å²) in [6.45, 7) is 4.24. The number of para-hydroxylation sites is 1. The van der Waals surface area contributed by atoms with Gasteiger partial charge in [0.15, 0.2) is 0 Å². The molecule has 2 amide bonds. The molecular formula is C17H25N3O4. The summed E-state index contributed by atoms with van der Waals surface area (Å²) in [6.07, 6.45) is 0.0859. The number of nitrogens with zero attached hydrogens (tertiary/aromatic N) is 1. The first-order valence-electron chi connectivity index (χ1n) is 8.21. The summed E-state index contributed by atoms with van der Waals surface area (Å²) in [5, 5.41) is 6.05. The molecule has 1 aliphatic heterocycles. The fourth-order valence-corrected chi connectivity index (χ4v) is 2.66. The third-order valence-corrected chi connectivity index (χ3v) is 3.88. The predicted octanol–water partition coefficient (Wildman–Crippen LogP) is 1.76. The van der Waals surface area contributed by atoms with Crippen molar-refractivity contribution in [2.24, 2.45) is 0 Å². The summed E-state index contributed by atoms with van der Waals surface area (Å²) in [6, 6.07) is 6.95. The average Bonchev–Trinajstić information content (AvgIpc) is 2.62. The van der Waals surface area contributed by atoms with Gasteiger partial charge in [-0.1, -0.05) is 18.2 Å². The molecule has 1 heterocycles. The maximum Gasteiger partial charge on any atom is 0.318 e. The van der Waals surface area contributed by atoms with Crippen LogP contribution in [0.5, 0.6) is 0 Å². The molecule has 1 aromatic rings. The van der Waals surface area contributed by atoms with Crippen LogP contribution in [0.1, 0.15) is 24.9 Å². The van der Waals surface area contributed by atoms with Crippen LogP contribution in [0.15, 0.2) is 24.3 Å². The molecule has 0 bridgehead atoms. The van der Waals surface area contributed by atoms with E-state index >= 15 is 0 Å². The molecule has 2 rings (SSSR count). The molecule has 7 heteroatoms. The summed E-state index contributed by atoms with van der Waals surface area (Å²) in [5.74, 6) is -0.337. The third kappa shape index (κ3) is 4.86. The number of ether oxygens (including phenoxy) is 2. The molecule has 24 heavy (non-hydrogen) atoms. The molecule has 1 saturated heterocycles. The molecule has 0 aliphatic carbocycles. The molecule has 7 nitrogen and oxygen atoms in total. The first kappa shape index (κ1) is 18.1. The normalized spacial score (nSPS) is 15.5. The van der Waals surface area contributed by atoms with Gasteiger partial charge in [-0.25, -0.2) is 4.79 Å². The molecule has 2 N–H and O–H groups in total. The minimum atomic E-state index is -0.456. The van der Waals surface area contributed by atoms with Gasteiger partial charge in [-0.3, -0.25) is 4.79 Å². The Bertz CT molecular complexity index is 559. The minimum absolute atomic E-state index is 0.0859. The number of urea groups is 1. The van der Waals surface area contributed by atoms with Crippen LogP contribution in [0.3, 0.4) is 0 Å². The lowest BCUT2D eigenvalue weighted by Crippen LogP contribution is -2.47. The molecule has 132 valence electrons. The average molecular weight is 335 g/mol. The highest BCUT2D eigenvalue weighted by molar-refractivity contribution is 5.77. The number of benzene rings is 1. The topological polar surface area (TPSA) is 79.9 Å². The van der Waals surface area contributed by atoms with Crippen LogP contribution >= 0.6 is 0 Å². The second-order valence-corrected chi connectivity index (χ2v) is 5.45. The Morgan fingerprint density at radius 3 is 2.67 bits per heavy atom. The molecule has 0 radical (unpaired) electrons. The van der Waals surface area contributed by atoms with Crippen LogP contribution in [-0.4, -0.2) is 56.9 Å². The van der Waals surface area contributed by atoms with E-state index in [4.69, 9.17) is 9.47 Å². The van der Waals surface area contributed by atoms with Gasteiger partial charge >= 0.3 is 12.0 Å². The van der Waals surface area contributed by atoms with Gasteiger partial charge in [0.05, 0.1) is 32.3 Å². The second kappa shape index (κ2) is 9.12. The number of anilines is 1. The van der Waals surface area contributed by atoms with E-state index < -0.39 is 6.04 Å². The van der Waals surface area contributed by atoms with E-state index in [1.54, 1.807) is 11.8 Å². The van der Waals surface area contributed by atoms with Crippen LogP contribution in [-0.2, 0) is 14.3 Å². The van der Waals surface area contributed by atoms with Gasteiger partial charge in [-0.2, -0.15) is 0 Å². The predicted molar refractivity (Wildman–Crippen MR) is 90.9 cm³/mol. The number of hydrogen-bond donors (Lipinski definition) is 2. The molecule has 1 aliphatic rings. The smallest absolute Gasteiger partial charge is 0.318 e. The Labute approximate surface area is 142 Å². The van der Waals surface area contributed by atoms with Gasteiger partial charge in [-0.15, -0.1) is 0 Å². The zero-order valence-electron chi connectivity index (χ0n) is 14.2. The van der Waals surface area contributed by atoms with Crippen LogP contribution in [0.4, 0.5) is 10.5 Å². The molecule has 0 spiro atoms. The fraction of sp³-hybridized carbons (Fsp3) is 0.529. The molecule has 0 aromatic heterocycles. The highest BCUT2D eigenvalue weighted by atomic mass is 16.5. The number of rotatable bonds is 6. The Kier molecular flexibility index (Phi) is 6.87. The first-order valence-corrected chi connectivity index (χ1v) is 8.21. The quantitative estimate of drug-likeness (QED) is 0.775. The van der Waals surface area contributed by atoms with Crippen molar-refractivity contribution in [3.8, 4) is 0 Å². The van der Waals surface area contributed by atoms with E-state index in [-0.39, 0.29) is 18.4 Å². The lowest BCUT2D eigenvalue weighted by molar-refractivity contribution is -0.143. The zero-order chi connectivity index (χ0) is 17.4. The van der Waals surface area contributed by atoms with Gasteiger partial charge in [0.2, 0.25) is 0 Å².